The molecule has 0 bridgehead atoms. The van der Waals surface area contributed by atoms with Gasteiger partial charge in [-0.3, -0.25) is 4.79 Å². The molecule has 3 rings (SSSR count). The van der Waals surface area contributed by atoms with Crippen LogP contribution in [0, 0.1) is 5.82 Å². The number of rotatable bonds is 6. The standard InChI is InChI=1S/C20H22ClFN4O4S/c21-17-3-1-2-4-18(17)31(29,30)26-11-9-25(10-12-26)19(27)14-24-20(28)23-13-15-5-7-16(22)8-6-15/h1-8H,9-14H2,(H2,23,24,28). The largest absolute Gasteiger partial charge is 0.339 e. The number of amides is 3. The van der Waals surface area contributed by atoms with Crippen LogP contribution in [0.5, 0.6) is 0 Å². The van der Waals surface area contributed by atoms with E-state index in [2.05, 4.69) is 10.6 Å². The molecular weight excluding hydrogens is 447 g/mol. The summed E-state index contributed by atoms with van der Waals surface area (Å²) in [6.07, 6.45) is 0. The lowest BCUT2D eigenvalue weighted by Gasteiger charge is -2.34. The first-order valence-corrected chi connectivity index (χ1v) is 11.4. The normalized spacial score (nSPS) is 14.8. The van der Waals surface area contributed by atoms with Crippen molar-refractivity contribution in [3.05, 3.63) is 64.9 Å². The summed E-state index contributed by atoms with van der Waals surface area (Å²) >= 11 is 6.02. The van der Waals surface area contributed by atoms with Gasteiger partial charge in [0, 0.05) is 32.7 Å². The van der Waals surface area contributed by atoms with Gasteiger partial charge in [-0.15, -0.1) is 0 Å². The first kappa shape index (κ1) is 23.0. The number of carbonyl (C=O) groups is 2. The quantitative estimate of drug-likeness (QED) is 0.675. The van der Waals surface area contributed by atoms with E-state index in [-0.39, 0.29) is 60.9 Å². The molecule has 0 radical (unpaired) electrons. The fraction of sp³-hybridized carbons (Fsp3) is 0.300. The fourth-order valence-electron chi connectivity index (χ4n) is 3.09. The molecule has 1 heterocycles. The maximum absolute atomic E-state index is 12.9. The molecule has 2 N–H and O–H groups in total. The van der Waals surface area contributed by atoms with Crippen molar-refractivity contribution in [1.29, 1.82) is 0 Å². The fourth-order valence-corrected chi connectivity index (χ4v) is 5.00. The van der Waals surface area contributed by atoms with E-state index in [0.717, 1.165) is 5.56 Å². The van der Waals surface area contributed by atoms with E-state index in [1.54, 1.807) is 24.3 Å². The first-order valence-electron chi connectivity index (χ1n) is 9.56. The van der Waals surface area contributed by atoms with Gasteiger partial charge in [-0.1, -0.05) is 35.9 Å². The van der Waals surface area contributed by atoms with Crippen LogP contribution in [0.2, 0.25) is 5.02 Å². The van der Waals surface area contributed by atoms with Crippen molar-refractivity contribution < 1.29 is 22.4 Å². The van der Waals surface area contributed by atoms with Gasteiger partial charge in [-0.25, -0.2) is 17.6 Å². The second kappa shape index (κ2) is 10.1. The van der Waals surface area contributed by atoms with E-state index in [1.165, 1.54) is 33.5 Å². The van der Waals surface area contributed by atoms with Crippen LogP contribution >= 0.6 is 11.6 Å². The molecule has 1 aliphatic heterocycles. The van der Waals surface area contributed by atoms with Gasteiger partial charge >= 0.3 is 6.03 Å². The van der Waals surface area contributed by atoms with Crippen molar-refractivity contribution >= 4 is 33.6 Å². The summed E-state index contributed by atoms with van der Waals surface area (Å²) in [6.45, 7) is 0.667. The molecule has 1 aliphatic rings. The lowest BCUT2D eigenvalue weighted by molar-refractivity contribution is -0.131. The minimum atomic E-state index is -3.74. The Balaban J connectivity index is 1.44. The summed E-state index contributed by atoms with van der Waals surface area (Å²) in [7, 11) is -3.74. The summed E-state index contributed by atoms with van der Waals surface area (Å²) in [4.78, 5) is 25.8. The molecule has 11 heteroatoms. The molecule has 0 spiro atoms. The number of hydrogen-bond acceptors (Lipinski definition) is 4. The Morgan fingerprint density at radius 3 is 2.26 bits per heavy atom. The summed E-state index contributed by atoms with van der Waals surface area (Å²) in [5.41, 5.74) is 0.721. The SMILES string of the molecule is O=C(NCC(=O)N1CCN(S(=O)(=O)c2ccccc2Cl)CC1)NCc1ccc(F)cc1. The molecule has 8 nitrogen and oxygen atoms in total. The molecule has 0 unspecified atom stereocenters. The van der Waals surface area contributed by atoms with Gasteiger partial charge in [-0.05, 0) is 29.8 Å². The van der Waals surface area contributed by atoms with Gasteiger partial charge in [0.05, 0.1) is 11.6 Å². The predicted molar refractivity (Wildman–Crippen MR) is 113 cm³/mol. The van der Waals surface area contributed by atoms with E-state index in [1.807, 2.05) is 0 Å². The molecule has 0 aromatic heterocycles. The highest BCUT2D eigenvalue weighted by Gasteiger charge is 2.31. The molecule has 3 amide bonds. The zero-order chi connectivity index (χ0) is 22.4. The molecule has 1 fully saturated rings. The van der Waals surface area contributed by atoms with Crippen LogP contribution in [0.3, 0.4) is 0 Å². The van der Waals surface area contributed by atoms with Crippen molar-refractivity contribution in [2.45, 2.75) is 11.4 Å². The van der Waals surface area contributed by atoms with Gasteiger partial charge < -0.3 is 15.5 Å². The second-order valence-electron chi connectivity index (χ2n) is 6.88. The van der Waals surface area contributed by atoms with Crippen molar-refractivity contribution in [2.75, 3.05) is 32.7 Å². The lowest BCUT2D eigenvalue weighted by atomic mass is 10.2. The maximum Gasteiger partial charge on any atom is 0.315 e. The van der Waals surface area contributed by atoms with Crippen LogP contribution in [0.4, 0.5) is 9.18 Å². The monoisotopic (exact) mass is 468 g/mol. The smallest absolute Gasteiger partial charge is 0.315 e. The molecule has 0 saturated carbocycles. The van der Waals surface area contributed by atoms with E-state index in [4.69, 9.17) is 11.6 Å². The predicted octanol–water partition coefficient (Wildman–Crippen LogP) is 1.81. The maximum atomic E-state index is 12.9. The third-order valence-corrected chi connectivity index (χ3v) is 7.21. The second-order valence-corrected chi connectivity index (χ2v) is 9.19. The number of urea groups is 1. The minimum Gasteiger partial charge on any atom is -0.339 e. The number of sulfonamides is 1. The van der Waals surface area contributed by atoms with Crippen molar-refractivity contribution in [3.8, 4) is 0 Å². The average molecular weight is 469 g/mol. The number of nitrogens with zero attached hydrogens (tertiary/aromatic N) is 2. The number of hydrogen-bond donors (Lipinski definition) is 2. The summed E-state index contributed by atoms with van der Waals surface area (Å²) in [5, 5.41) is 5.21. The van der Waals surface area contributed by atoms with Gasteiger partial charge in [0.25, 0.3) is 0 Å². The molecule has 1 saturated heterocycles. The third kappa shape index (κ3) is 5.93. The summed E-state index contributed by atoms with van der Waals surface area (Å²) < 4.78 is 39.7. The van der Waals surface area contributed by atoms with Crippen LogP contribution in [-0.2, 0) is 21.4 Å². The van der Waals surface area contributed by atoms with Crippen molar-refractivity contribution in [3.63, 3.8) is 0 Å². The van der Waals surface area contributed by atoms with Crippen LogP contribution in [0.25, 0.3) is 0 Å². The molecule has 2 aromatic rings. The van der Waals surface area contributed by atoms with Gasteiger partial charge in [0.15, 0.2) is 0 Å². The number of nitrogens with one attached hydrogen (secondary N) is 2. The van der Waals surface area contributed by atoms with E-state index >= 15 is 0 Å². The van der Waals surface area contributed by atoms with Crippen LogP contribution in [0.15, 0.2) is 53.4 Å². The summed E-state index contributed by atoms with van der Waals surface area (Å²) in [6, 6.07) is 11.4. The Labute approximate surface area is 185 Å². The third-order valence-electron chi connectivity index (χ3n) is 4.81. The summed E-state index contributed by atoms with van der Waals surface area (Å²) in [5.74, 6) is -0.676. The van der Waals surface area contributed by atoms with E-state index < -0.39 is 16.1 Å². The lowest BCUT2D eigenvalue weighted by Crippen LogP contribution is -2.53. The Morgan fingerprint density at radius 2 is 1.61 bits per heavy atom. The number of carbonyl (C=O) groups excluding carboxylic acids is 2. The highest BCUT2D eigenvalue weighted by Crippen LogP contribution is 2.24. The molecule has 31 heavy (non-hydrogen) atoms. The highest BCUT2D eigenvalue weighted by molar-refractivity contribution is 7.89. The van der Waals surface area contributed by atoms with E-state index in [0.29, 0.717) is 0 Å². The van der Waals surface area contributed by atoms with Gasteiger partial charge in [0.1, 0.15) is 10.7 Å². The molecule has 166 valence electrons. The average Bonchev–Trinajstić information content (AvgIpc) is 2.77. The zero-order valence-electron chi connectivity index (χ0n) is 16.6. The molecular formula is C20H22ClFN4O4S. The highest BCUT2D eigenvalue weighted by atomic mass is 35.5. The molecule has 2 aromatic carbocycles. The molecule has 0 aliphatic carbocycles. The first-order chi connectivity index (χ1) is 14.8. The van der Waals surface area contributed by atoms with E-state index in [9.17, 15) is 22.4 Å². The zero-order valence-corrected chi connectivity index (χ0v) is 18.1. The molecule has 0 atom stereocenters. The number of benzene rings is 2. The van der Waals surface area contributed by atoms with Crippen molar-refractivity contribution in [1.82, 2.24) is 19.8 Å². The Morgan fingerprint density at radius 1 is 0.968 bits per heavy atom. The topological polar surface area (TPSA) is 98.8 Å². The van der Waals surface area contributed by atoms with Crippen LogP contribution < -0.4 is 10.6 Å². The number of halogens is 2. The Bertz CT molecular complexity index is 1040. The van der Waals surface area contributed by atoms with Crippen LogP contribution in [-0.4, -0.2) is 62.3 Å². The Hall–Kier alpha value is -2.69. The Kier molecular flexibility index (Phi) is 7.47. The van der Waals surface area contributed by atoms with Gasteiger partial charge in [-0.2, -0.15) is 4.31 Å². The number of piperazine rings is 1. The van der Waals surface area contributed by atoms with Crippen molar-refractivity contribution in [2.24, 2.45) is 0 Å². The van der Waals surface area contributed by atoms with Gasteiger partial charge in [0.2, 0.25) is 15.9 Å². The minimum absolute atomic E-state index is 0.0379. The van der Waals surface area contributed by atoms with Crippen LogP contribution in [0.1, 0.15) is 5.56 Å².